The lowest BCUT2D eigenvalue weighted by Gasteiger charge is -2.24. The molecule has 1 atom stereocenters. The van der Waals surface area contributed by atoms with Crippen molar-refractivity contribution >= 4 is 45.6 Å². The molecule has 1 aromatic heterocycles. The summed E-state index contributed by atoms with van der Waals surface area (Å²) in [7, 11) is 4.79. The average molecular weight is 564 g/mol. The number of rotatable bonds is 8. The van der Waals surface area contributed by atoms with Gasteiger partial charge in [0.1, 0.15) is 5.69 Å². The number of fused-ring (bicyclic) bond motifs is 2. The smallest absolute Gasteiger partial charge is 0.237 e. The molecule has 39 heavy (non-hydrogen) atoms. The van der Waals surface area contributed by atoms with Gasteiger partial charge in [-0.2, -0.15) is 0 Å². The molecule has 3 aromatic rings. The molecule has 0 saturated carbocycles. The highest BCUT2D eigenvalue weighted by atomic mass is 35.5. The molecule has 1 unspecified atom stereocenters. The van der Waals surface area contributed by atoms with Crippen LogP contribution in [0.25, 0.3) is 28.1 Å². The van der Waals surface area contributed by atoms with Crippen LogP contribution >= 0.6 is 23.2 Å². The third-order valence-corrected chi connectivity index (χ3v) is 7.04. The van der Waals surface area contributed by atoms with Crippen LogP contribution in [0.2, 0.25) is 10.0 Å². The first kappa shape index (κ1) is 26.9. The first-order chi connectivity index (χ1) is 18.9. The average Bonchev–Trinajstić information content (AvgIpc) is 2.94. The second kappa shape index (κ2) is 11.2. The van der Waals surface area contributed by atoms with Crippen molar-refractivity contribution in [2.45, 2.75) is 12.6 Å². The van der Waals surface area contributed by atoms with Gasteiger partial charge in [-0.05, 0) is 61.5 Å². The monoisotopic (exact) mass is 563 g/mol. The molecule has 1 aliphatic carbocycles. The molecule has 0 spiro atoms. The lowest BCUT2D eigenvalue weighted by molar-refractivity contribution is -0.0466. The standard InChI is InChI=1S/C29H27Cl2N5O3/c1-29(39-4,17-37-2)35-24-16-27-25(15-23(24)34-22-9-7-13-32-28(22)38-3)33-21-8-5-6-10-26(21)36(27)18-11-12-19(30)20(31)14-18/h5-16,34H,17H2,1-4H3/b35-24+. The molecule has 2 aliphatic rings. The minimum Gasteiger partial charge on any atom is -0.480 e. The molecule has 2 aromatic carbocycles. The van der Waals surface area contributed by atoms with Crippen LogP contribution in [0.4, 0.5) is 11.4 Å². The van der Waals surface area contributed by atoms with Crippen molar-refractivity contribution in [2.24, 2.45) is 4.99 Å². The first-order valence-electron chi connectivity index (χ1n) is 12.1. The van der Waals surface area contributed by atoms with E-state index in [1.807, 2.05) is 67.6 Å². The number of ether oxygens (including phenoxy) is 3. The highest BCUT2D eigenvalue weighted by Crippen LogP contribution is 2.33. The fourth-order valence-electron chi connectivity index (χ4n) is 4.39. The van der Waals surface area contributed by atoms with Crippen LogP contribution in [0.3, 0.4) is 0 Å². The van der Waals surface area contributed by atoms with Gasteiger partial charge in [-0.1, -0.05) is 35.3 Å². The van der Waals surface area contributed by atoms with E-state index in [1.54, 1.807) is 33.6 Å². The van der Waals surface area contributed by atoms with Crippen molar-refractivity contribution in [2.75, 3.05) is 33.3 Å². The molecule has 2 heterocycles. The maximum Gasteiger partial charge on any atom is 0.237 e. The molecular weight excluding hydrogens is 537 g/mol. The van der Waals surface area contributed by atoms with Gasteiger partial charge < -0.3 is 24.1 Å². The van der Waals surface area contributed by atoms with Crippen molar-refractivity contribution in [1.29, 1.82) is 0 Å². The Kier molecular flexibility index (Phi) is 7.72. The van der Waals surface area contributed by atoms with Crippen molar-refractivity contribution in [3.05, 3.63) is 88.3 Å². The van der Waals surface area contributed by atoms with Crippen LogP contribution in [0.5, 0.6) is 5.88 Å². The van der Waals surface area contributed by atoms with Crippen molar-refractivity contribution in [3.63, 3.8) is 0 Å². The molecule has 200 valence electrons. The number of nitrogens with one attached hydrogen (secondary N) is 1. The van der Waals surface area contributed by atoms with Crippen LogP contribution in [0.1, 0.15) is 6.92 Å². The Morgan fingerprint density at radius 2 is 1.77 bits per heavy atom. The Bertz CT molecular complexity index is 1690. The Labute approximate surface area is 236 Å². The summed E-state index contributed by atoms with van der Waals surface area (Å²) in [6.07, 6.45) is 1.67. The highest BCUT2D eigenvalue weighted by molar-refractivity contribution is 6.42. The summed E-state index contributed by atoms with van der Waals surface area (Å²) in [5.74, 6) is 0.451. The number of halogens is 2. The largest absolute Gasteiger partial charge is 0.480 e. The minimum atomic E-state index is -0.948. The molecule has 1 aliphatic heterocycles. The predicted molar refractivity (Wildman–Crippen MR) is 155 cm³/mol. The van der Waals surface area contributed by atoms with Crippen LogP contribution in [0.15, 0.2) is 77.9 Å². The van der Waals surface area contributed by atoms with E-state index in [0.29, 0.717) is 32.7 Å². The highest BCUT2D eigenvalue weighted by Gasteiger charge is 2.24. The fourth-order valence-corrected chi connectivity index (χ4v) is 4.68. The molecule has 0 bridgehead atoms. The van der Waals surface area contributed by atoms with Gasteiger partial charge in [0.25, 0.3) is 0 Å². The third kappa shape index (κ3) is 5.42. The number of hydrogen-bond donors (Lipinski definition) is 1. The normalized spacial score (nSPS) is 13.5. The number of nitrogens with zero attached hydrogens (tertiary/aromatic N) is 4. The molecule has 8 nitrogen and oxygen atoms in total. The van der Waals surface area contributed by atoms with E-state index >= 15 is 0 Å². The summed E-state index contributed by atoms with van der Waals surface area (Å²) in [4.78, 5) is 14.3. The molecule has 1 N–H and O–H groups in total. The Morgan fingerprint density at radius 3 is 2.51 bits per heavy atom. The maximum absolute atomic E-state index is 6.44. The minimum absolute atomic E-state index is 0.250. The van der Waals surface area contributed by atoms with E-state index in [0.717, 1.165) is 28.1 Å². The van der Waals surface area contributed by atoms with Crippen LogP contribution in [-0.4, -0.2) is 48.2 Å². The van der Waals surface area contributed by atoms with E-state index in [9.17, 15) is 0 Å². The molecule has 0 saturated heterocycles. The van der Waals surface area contributed by atoms with Gasteiger partial charge in [-0.25, -0.2) is 15.0 Å². The number of aromatic nitrogens is 3. The van der Waals surface area contributed by atoms with Gasteiger partial charge >= 0.3 is 0 Å². The Hall–Kier alpha value is -3.69. The van der Waals surface area contributed by atoms with Gasteiger partial charge in [0.15, 0.2) is 5.72 Å². The Morgan fingerprint density at radius 1 is 0.949 bits per heavy atom. The van der Waals surface area contributed by atoms with E-state index in [1.165, 1.54) is 0 Å². The third-order valence-electron chi connectivity index (χ3n) is 6.30. The summed E-state index contributed by atoms with van der Waals surface area (Å²) >= 11 is 12.7. The van der Waals surface area contributed by atoms with E-state index < -0.39 is 5.72 Å². The van der Waals surface area contributed by atoms with Gasteiger partial charge in [0, 0.05) is 26.1 Å². The van der Waals surface area contributed by atoms with Gasteiger partial charge in [0.05, 0.1) is 57.2 Å². The second-order valence-corrected chi connectivity index (χ2v) is 9.82. The van der Waals surface area contributed by atoms with Crippen molar-refractivity contribution < 1.29 is 14.2 Å². The zero-order valence-corrected chi connectivity index (χ0v) is 23.4. The molecule has 10 heteroatoms. The van der Waals surface area contributed by atoms with Crippen molar-refractivity contribution in [3.8, 4) is 23.0 Å². The van der Waals surface area contributed by atoms with E-state index in [2.05, 4.69) is 14.9 Å². The zero-order valence-electron chi connectivity index (χ0n) is 21.9. The van der Waals surface area contributed by atoms with Crippen LogP contribution in [-0.2, 0) is 9.47 Å². The summed E-state index contributed by atoms with van der Waals surface area (Å²) < 4.78 is 18.7. The summed E-state index contributed by atoms with van der Waals surface area (Å²) in [5.41, 5.74) is 4.51. The van der Waals surface area contributed by atoms with Crippen molar-refractivity contribution in [1.82, 2.24) is 14.5 Å². The van der Waals surface area contributed by atoms with Gasteiger partial charge in [-0.3, -0.25) is 0 Å². The number of benzene rings is 3. The molecule has 0 fully saturated rings. The predicted octanol–water partition coefficient (Wildman–Crippen LogP) is 6.49. The summed E-state index contributed by atoms with van der Waals surface area (Å²) in [6, 6.07) is 21.1. The molecular formula is C29H27Cl2N5O3. The number of hydrogen-bond acceptors (Lipinski definition) is 7. The molecule has 5 rings (SSSR count). The quantitative estimate of drug-likeness (QED) is 0.217. The molecule has 0 amide bonds. The van der Waals surface area contributed by atoms with E-state index in [4.69, 9.17) is 47.4 Å². The first-order valence-corrected chi connectivity index (χ1v) is 12.9. The Balaban J connectivity index is 1.86. The second-order valence-electron chi connectivity index (χ2n) is 9.00. The maximum atomic E-state index is 6.44. The van der Waals surface area contributed by atoms with Crippen LogP contribution in [0, 0.1) is 0 Å². The number of pyridine rings is 1. The number of anilines is 2. The number of methoxy groups -OCH3 is 3. The lowest BCUT2D eigenvalue weighted by atomic mass is 10.1. The van der Waals surface area contributed by atoms with Gasteiger partial charge in [0.2, 0.25) is 5.88 Å². The number of para-hydroxylation sites is 2. The van der Waals surface area contributed by atoms with Crippen LogP contribution < -0.4 is 15.4 Å². The fraction of sp³-hybridized carbons (Fsp3) is 0.207. The SMILES string of the molecule is COCC(C)(/N=c1\cc2n(-c3ccc(Cl)c(Cl)c3)c3ccccc3nc-2cc1Nc1cccnc1OC)OC. The van der Waals surface area contributed by atoms with E-state index in [-0.39, 0.29) is 6.61 Å². The topological polar surface area (TPSA) is 82.8 Å². The van der Waals surface area contributed by atoms with Gasteiger partial charge in [-0.15, -0.1) is 0 Å². The molecule has 0 radical (unpaired) electrons. The lowest BCUT2D eigenvalue weighted by Crippen LogP contribution is -2.33. The summed E-state index contributed by atoms with van der Waals surface area (Å²) in [6.45, 7) is 2.11. The zero-order chi connectivity index (χ0) is 27.6. The summed E-state index contributed by atoms with van der Waals surface area (Å²) in [5, 5.41) is 4.99.